The Bertz CT molecular complexity index is 512. The third-order valence-electron chi connectivity index (χ3n) is 4.27. The number of aryl methyl sites for hydroxylation is 1. The summed E-state index contributed by atoms with van der Waals surface area (Å²) in [5.74, 6) is 0.707. The molecule has 0 N–H and O–H groups in total. The summed E-state index contributed by atoms with van der Waals surface area (Å²) in [6.07, 6.45) is 3.42. The summed E-state index contributed by atoms with van der Waals surface area (Å²) < 4.78 is 0. The Hall–Kier alpha value is -0.730. The highest BCUT2D eigenvalue weighted by Gasteiger charge is 2.36. The summed E-state index contributed by atoms with van der Waals surface area (Å²) in [7, 11) is 0. The van der Waals surface area contributed by atoms with Crippen molar-refractivity contribution in [3.05, 3.63) is 33.8 Å². The Labute approximate surface area is 137 Å². The predicted molar refractivity (Wildman–Crippen MR) is 89.0 cm³/mol. The van der Waals surface area contributed by atoms with Crippen LogP contribution in [0.5, 0.6) is 0 Å². The molecule has 1 aliphatic rings. The van der Waals surface area contributed by atoms with Crippen molar-refractivity contribution in [2.24, 2.45) is 5.92 Å². The van der Waals surface area contributed by atoms with Gasteiger partial charge < -0.3 is 4.90 Å². The van der Waals surface area contributed by atoms with E-state index in [1.807, 2.05) is 12.1 Å². The fraction of sp³-hybridized carbons (Fsp3) is 0.588. The molecule has 1 aromatic carbocycles. The highest BCUT2D eigenvalue weighted by Crippen LogP contribution is 2.32. The minimum atomic E-state index is 0.231. The lowest BCUT2D eigenvalue weighted by atomic mass is 10.0. The Morgan fingerprint density at radius 2 is 1.95 bits per heavy atom. The van der Waals surface area contributed by atoms with E-state index >= 15 is 0 Å². The molecule has 0 radical (unpaired) electrons. The summed E-state index contributed by atoms with van der Waals surface area (Å²) in [6.45, 7) is 6.48. The van der Waals surface area contributed by atoms with E-state index in [1.165, 1.54) is 0 Å². The molecule has 0 saturated heterocycles. The second-order valence-corrected chi connectivity index (χ2v) is 7.01. The lowest BCUT2D eigenvalue weighted by Gasteiger charge is -2.32. The van der Waals surface area contributed by atoms with E-state index in [2.05, 4.69) is 25.7 Å². The lowest BCUT2D eigenvalue weighted by Crippen LogP contribution is -2.43. The summed E-state index contributed by atoms with van der Waals surface area (Å²) in [6, 6.07) is 6.33. The maximum Gasteiger partial charge on any atom is 0.223 e. The van der Waals surface area contributed by atoms with Crippen molar-refractivity contribution in [2.75, 3.05) is 0 Å². The summed E-state index contributed by atoms with van der Waals surface area (Å²) in [4.78, 5) is 14.7. The van der Waals surface area contributed by atoms with E-state index in [0.29, 0.717) is 40.9 Å². The first-order chi connectivity index (χ1) is 9.91. The second kappa shape index (κ2) is 7.02. The number of nitrogens with zero attached hydrogens (tertiary/aromatic N) is 1. The number of halogens is 2. The highest BCUT2D eigenvalue weighted by atomic mass is 35.5. The summed E-state index contributed by atoms with van der Waals surface area (Å²) in [5.41, 5.74) is 0.950. The molecule has 1 aliphatic carbocycles. The van der Waals surface area contributed by atoms with Crippen LogP contribution >= 0.6 is 23.2 Å². The number of amides is 1. The van der Waals surface area contributed by atoms with Crippen LogP contribution in [-0.4, -0.2) is 22.9 Å². The second-order valence-electron chi connectivity index (χ2n) is 6.23. The van der Waals surface area contributed by atoms with Gasteiger partial charge in [-0.25, -0.2) is 0 Å². The first-order valence-electron chi connectivity index (χ1n) is 7.66. The maximum atomic E-state index is 12.6. The van der Waals surface area contributed by atoms with Crippen molar-refractivity contribution in [1.82, 2.24) is 4.90 Å². The molecule has 4 heteroatoms. The van der Waals surface area contributed by atoms with E-state index in [-0.39, 0.29) is 5.91 Å². The van der Waals surface area contributed by atoms with Crippen molar-refractivity contribution in [3.8, 4) is 0 Å². The van der Waals surface area contributed by atoms with Gasteiger partial charge in [0.05, 0.1) is 10.0 Å². The molecule has 1 unspecified atom stereocenters. The first-order valence-corrected chi connectivity index (χ1v) is 8.41. The number of hydrogen-bond donors (Lipinski definition) is 0. The number of hydrogen-bond acceptors (Lipinski definition) is 1. The molecular formula is C17H23Cl2NO. The Morgan fingerprint density at radius 1 is 1.29 bits per heavy atom. The molecule has 1 amide bonds. The summed E-state index contributed by atoms with van der Waals surface area (Å²) in [5, 5.41) is 1.12. The van der Waals surface area contributed by atoms with E-state index in [0.717, 1.165) is 18.4 Å². The Morgan fingerprint density at radius 3 is 2.52 bits per heavy atom. The average Bonchev–Trinajstić information content (AvgIpc) is 3.25. The fourth-order valence-electron chi connectivity index (χ4n) is 2.55. The first kappa shape index (κ1) is 16.6. The van der Waals surface area contributed by atoms with Gasteiger partial charge in [-0.05, 0) is 43.7 Å². The van der Waals surface area contributed by atoms with Gasteiger partial charge in [-0.2, -0.15) is 0 Å². The SMILES string of the molecule is CC(C)C(C)N(C(=O)CCc1cccc(Cl)c1Cl)C1CC1. The van der Waals surface area contributed by atoms with Crippen molar-refractivity contribution in [1.29, 1.82) is 0 Å². The van der Waals surface area contributed by atoms with Crippen molar-refractivity contribution in [3.63, 3.8) is 0 Å². The zero-order chi connectivity index (χ0) is 15.6. The predicted octanol–water partition coefficient (Wildman–Crippen LogP) is 4.96. The van der Waals surface area contributed by atoms with Crippen LogP contribution in [0.1, 0.15) is 45.6 Å². The van der Waals surface area contributed by atoms with Crippen LogP contribution in [0.2, 0.25) is 10.0 Å². The molecule has 1 fully saturated rings. The topological polar surface area (TPSA) is 20.3 Å². The average molecular weight is 328 g/mol. The van der Waals surface area contributed by atoms with Crippen molar-refractivity contribution >= 4 is 29.1 Å². The third-order valence-corrected chi connectivity index (χ3v) is 5.13. The molecule has 1 aromatic rings. The van der Waals surface area contributed by atoms with Gasteiger partial charge in [-0.15, -0.1) is 0 Å². The minimum Gasteiger partial charge on any atom is -0.337 e. The number of rotatable bonds is 6. The summed E-state index contributed by atoms with van der Waals surface area (Å²) >= 11 is 12.2. The molecule has 0 spiro atoms. The molecule has 116 valence electrons. The van der Waals surface area contributed by atoms with Gasteiger partial charge in [-0.3, -0.25) is 4.79 Å². The molecular weight excluding hydrogens is 305 g/mol. The molecule has 21 heavy (non-hydrogen) atoms. The Kier molecular flexibility index (Phi) is 5.56. The van der Waals surface area contributed by atoms with E-state index < -0.39 is 0 Å². The van der Waals surface area contributed by atoms with Crippen LogP contribution < -0.4 is 0 Å². The molecule has 2 nitrogen and oxygen atoms in total. The third kappa shape index (κ3) is 4.14. The Balaban J connectivity index is 2.01. The van der Waals surface area contributed by atoms with Gasteiger partial charge >= 0.3 is 0 Å². The largest absolute Gasteiger partial charge is 0.337 e. The lowest BCUT2D eigenvalue weighted by molar-refractivity contribution is -0.134. The van der Waals surface area contributed by atoms with E-state index in [9.17, 15) is 4.79 Å². The zero-order valence-corrected chi connectivity index (χ0v) is 14.4. The van der Waals surface area contributed by atoms with Crippen molar-refractivity contribution in [2.45, 2.75) is 58.5 Å². The van der Waals surface area contributed by atoms with Crippen LogP contribution in [0.15, 0.2) is 18.2 Å². The van der Waals surface area contributed by atoms with Crippen LogP contribution in [0, 0.1) is 5.92 Å². The van der Waals surface area contributed by atoms with Gasteiger partial charge in [-0.1, -0.05) is 49.2 Å². The quantitative estimate of drug-likeness (QED) is 0.722. The molecule has 0 heterocycles. The fourth-order valence-corrected chi connectivity index (χ4v) is 2.96. The maximum absolute atomic E-state index is 12.6. The molecule has 0 aromatic heterocycles. The van der Waals surface area contributed by atoms with Crippen molar-refractivity contribution < 1.29 is 4.79 Å². The smallest absolute Gasteiger partial charge is 0.223 e. The van der Waals surface area contributed by atoms with Crippen LogP contribution in [0.3, 0.4) is 0 Å². The number of carbonyl (C=O) groups is 1. The van der Waals surface area contributed by atoms with E-state index in [1.54, 1.807) is 6.07 Å². The van der Waals surface area contributed by atoms with Gasteiger partial charge in [0.1, 0.15) is 0 Å². The normalized spacial score (nSPS) is 16.1. The highest BCUT2D eigenvalue weighted by molar-refractivity contribution is 6.42. The van der Waals surface area contributed by atoms with Crippen LogP contribution in [-0.2, 0) is 11.2 Å². The van der Waals surface area contributed by atoms with Crippen LogP contribution in [0.4, 0.5) is 0 Å². The van der Waals surface area contributed by atoms with Gasteiger partial charge in [0.15, 0.2) is 0 Å². The number of benzene rings is 1. The molecule has 1 atom stereocenters. The van der Waals surface area contributed by atoms with Gasteiger partial charge in [0.25, 0.3) is 0 Å². The molecule has 2 rings (SSSR count). The van der Waals surface area contributed by atoms with Crippen LogP contribution in [0.25, 0.3) is 0 Å². The molecule has 0 bridgehead atoms. The monoisotopic (exact) mass is 327 g/mol. The number of carbonyl (C=O) groups excluding carboxylic acids is 1. The standard InChI is InChI=1S/C17H23Cl2NO/c1-11(2)12(3)20(14-8-9-14)16(21)10-7-13-5-4-6-15(18)17(13)19/h4-6,11-12,14H,7-10H2,1-3H3. The van der Waals surface area contributed by atoms with Gasteiger partial charge in [0, 0.05) is 18.5 Å². The van der Waals surface area contributed by atoms with Gasteiger partial charge in [0.2, 0.25) is 5.91 Å². The van der Waals surface area contributed by atoms with E-state index in [4.69, 9.17) is 23.2 Å². The minimum absolute atomic E-state index is 0.231. The molecule has 1 saturated carbocycles. The molecule has 0 aliphatic heterocycles. The zero-order valence-electron chi connectivity index (χ0n) is 12.9.